The summed E-state index contributed by atoms with van der Waals surface area (Å²) in [6, 6.07) is 0. The van der Waals surface area contributed by atoms with Crippen LogP contribution in [0.15, 0.2) is 0 Å². The van der Waals surface area contributed by atoms with Crippen LogP contribution in [0, 0.1) is 11.8 Å². The van der Waals surface area contributed by atoms with Gasteiger partial charge in [-0.3, -0.25) is 37.3 Å². The minimum Gasteiger partial charge on any atom is -0.462 e. The number of hydrogen-bond donors (Lipinski definition) is 3. The minimum atomic E-state index is -4.96. The van der Waals surface area contributed by atoms with Crippen molar-refractivity contribution in [3.63, 3.8) is 0 Å². The number of aliphatic hydroxyl groups excluding tert-OH is 1. The number of phosphoric ester groups is 2. The fourth-order valence-corrected chi connectivity index (χ4v) is 13.2. The predicted octanol–water partition coefficient (Wildman–Crippen LogP) is 22.3. The number of rotatable bonds is 75. The van der Waals surface area contributed by atoms with Crippen molar-refractivity contribution >= 4 is 39.5 Å². The number of carbonyl (C=O) groups is 4. The van der Waals surface area contributed by atoms with E-state index in [2.05, 4.69) is 41.5 Å². The summed E-state index contributed by atoms with van der Waals surface area (Å²) in [7, 11) is -9.91. The fraction of sp³-hybridized carbons (Fsp3) is 0.947. The molecule has 564 valence electrons. The lowest BCUT2D eigenvalue weighted by molar-refractivity contribution is -0.161. The van der Waals surface area contributed by atoms with Gasteiger partial charge in [0.15, 0.2) is 12.2 Å². The van der Waals surface area contributed by atoms with E-state index in [1.807, 2.05) is 0 Å². The van der Waals surface area contributed by atoms with Crippen molar-refractivity contribution in [1.82, 2.24) is 0 Å². The minimum absolute atomic E-state index is 0.106. The molecular formula is C76H148O17P2. The molecule has 0 fully saturated rings. The van der Waals surface area contributed by atoms with Crippen molar-refractivity contribution < 1.29 is 80.2 Å². The summed E-state index contributed by atoms with van der Waals surface area (Å²) < 4.78 is 68.5. The van der Waals surface area contributed by atoms with Gasteiger partial charge in [0.05, 0.1) is 26.4 Å². The molecule has 0 radical (unpaired) electrons. The Balaban J connectivity index is 5.22. The monoisotopic (exact) mass is 1400 g/mol. The van der Waals surface area contributed by atoms with Crippen LogP contribution in [0.3, 0.4) is 0 Å². The van der Waals surface area contributed by atoms with Gasteiger partial charge in [-0.2, -0.15) is 0 Å². The lowest BCUT2D eigenvalue weighted by atomic mass is 10.0. The summed E-state index contributed by atoms with van der Waals surface area (Å²) in [5, 5.41) is 10.6. The van der Waals surface area contributed by atoms with Gasteiger partial charge in [-0.15, -0.1) is 0 Å². The van der Waals surface area contributed by atoms with Gasteiger partial charge in [0.1, 0.15) is 19.3 Å². The number of phosphoric acid groups is 2. The first-order valence-corrected chi connectivity index (χ1v) is 42.5. The van der Waals surface area contributed by atoms with Crippen molar-refractivity contribution in [2.75, 3.05) is 39.6 Å². The Hall–Kier alpha value is -1.94. The number of unbranched alkanes of at least 4 members (excludes halogenated alkanes) is 45. The third-order valence-electron chi connectivity index (χ3n) is 17.7. The van der Waals surface area contributed by atoms with Crippen molar-refractivity contribution in [1.29, 1.82) is 0 Å². The molecule has 3 N–H and O–H groups in total. The Morgan fingerprint density at radius 2 is 0.484 bits per heavy atom. The molecule has 95 heavy (non-hydrogen) atoms. The maximum atomic E-state index is 13.1. The second-order valence-corrected chi connectivity index (χ2v) is 31.3. The lowest BCUT2D eigenvalue weighted by Crippen LogP contribution is -2.30. The molecule has 0 aromatic heterocycles. The summed E-state index contributed by atoms with van der Waals surface area (Å²) in [4.78, 5) is 72.8. The smallest absolute Gasteiger partial charge is 0.462 e. The van der Waals surface area contributed by atoms with Crippen molar-refractivity contribution in [2.45, 2.75) is 413 Å². The van der Waals surface area contributed by atoms with Crippen LogP contribution < -0.4 is 0 Å². The van der Waals surface area contributed by atoms with Crippen LogP contribution in [0.2, 0.25) is 0 Å². The van der Waals surface area contributed by atoms with E-state index in [-0.39, 0.29) is 25.7 Å². The topological polar surface area (TPSA) is 237 Å². The van der Waals surface area contributed by atoms with Gasteiger partial charge >= 0.3 is 39.5 Å². The summed E-state index contributed by atoms with van der Waals surface area (Å²) in [5.74, 6) is -0.627. The normalized spacial score (nSPS) is 14.0. The zero-order valence-corrected chi connectivity index (χ0v) is 63.8. The number of esters is 4. The highest BCUT2D eigenvalue weighted by atomic mass is 31.2. The molecule has 0 aromatic rings. The van der Waals surface area contributed by atoms with E-state index in [9.17, 15) is 43.2 Å². The second-order valence-electron chi connectivity index (χ2n) is 28.3. The third-order valence-corrected chi connectivity index (χ3v) is 19.6. The van der Waals surface area contributed by atoms with Crippen molar-refractivity contribution in [3.05, 3.63) is 0 Å². The Morgan fingerprint density at radius 3 is 0.716 bits per heavy atom. The Morgan fingerprint density at radius 1 is 0.284 bits per heavy atom. The maximum absolute atomic E-state index is 13.1. The quantitative estimate of drug-likeness (QED) is 0.0222. The maximum Gasteiger partial charge on any atom is 0.472 e. The average molecular weight is 1400 g/mol. The predicted molar refractivity (Wildman–Crippen MR) is 386 cm³/mol. The molecule has 0 spiro atoms. The van der Waals surface area contributed by atoms with Gasteiger partial charge in [-0.1, -0.05) is 343 Å². The molecule has 0 aliphatic heterocycles. The first kappa shape index (κ1) is 93.1. The number of ether oxygens (including phenoxy) is 4. The lowest BCUT2D eigenvalue weighted by Gasteiger charge is -2.21. The number of carbonyl (C=O) groups excluding carboxylic acids is 4. The fourth-order valence-electron chi connectivity index (χ4n) is 11.7. The molecule has 0 rings (SSSR count). The summed E-state index contributed by atoms with van der Waals surface area (Å²) in [6.45, 7) is 9.55. The van der Waals surface area contributed by atoms with Crippen LogP contribution in [0.4, 0.5) is 0 Å². The molecule has 0 saturated carbocycles. The van der Waals surface area contributed by atoms with Crippen LogP contribution in [0.25, 0.3) is 0 Å². The molecule has 2 unspecified atom stereocenters. The standard InChI is InChI=1S/C76H148O17P2/c1-7-9-11-13-15-17-19-21-24-28-32-35-39-46-52-58-73(78)86-64-71(92-76(81)61-55-49-41-37-33-29-26-23-22-25-27-30-34-38-44-50-56-68(3)4)66-90-94(82,83)88-62-70(77)63-89-95(84,85)91-67-72(65-87-74(79)59-53-47-43-42-45-51-57-69(5)6)93-75(80)60-54-48-40-36-31-20-18-16-14-12-10-8-2/h68-72,77H,7-67H2,1-6H3,(H,82,83)(H,84,85)/t70-,71-,72-/m1/s1. The number of aliphatic hydroxyl groups is 1. The van der Waals surface area contributed by atoms with Gasteiger partial charge in [-0.25, -0.2) is 9.13 Å². The van der Waals surface area contributed by atoms with Crippen LogP contribution in [0.5, 0.6) is 0 Å². The summed E-state index contributed by atoms with van der Waals surface area (Å²) in [6.07, 6.45) is 55.6. The van der Waals surface area contributed by atoms with Crippen molar-refractivity contribution in [2.24, 2.45) is 11.8 Å². The van der Waals surface area contributed by atoms with Crippen LogP contribution in [-0.2, 0) is 65.4 Å². The Labute approximate surface area is 581 Å². The van der Waals surface area contributed by atoms with E-state index in [1.54, 1.807) is 0 Å². The van der Waals surface area contributed by atoms with Crippen LogP contribution >= 0.6 is 15.6 Å². The van der Waals surface area contributed by atoms with E-state index in [0.29, 0.717) is 31.6 Å². The van der Waals surface area contributed by atoms with Gasteiger partial charge in [0, 0.05) is 25.7 Å². The Bertz CT molecular complexity index is 1840. The largest absolute Gasteiger partial charge is 0.472 e. The highest BCUT2D eigenvalue weighted by Gasteiger charge is 2.30. The van der Waals surface area contributed by atoms with E-state index in [0.717, 1.165) is 102 Å². The Kier molecular flexibility index (Phi) is 66.5. The van der Waals surface area contributed by atoms with E-state index in [1.165, 1.54) is 205 Å². The highest BCUT2D eigenvalue weighted by Crippen LogP contribution is 2.45. The van der Waals surface area contributed by atoms with E-state index < -0.39 is 97.5 Å². The van der Waals surface area contributed by atoms with E-state index >= 15 is 0 Å². The average Bonchev–Trinajstić information content (AvgIpc) is 1.56. The first-order valence-electron chi connectivity index (χ1n) is 39.5. The molecule has 0 bridgehead atoms. The van der Waals surface area contributed by atoms with Gasteiger partial charge in [0.2, 0.25) is 0 Å². The van der Waals surface area contributed by atoms with Gasteiger partial charge < -0.3 is 33.8 Å². The molecule has 0 amide bonds. The number of hydrogen-bond acceptors (Lipinski definition) is 15. The first-order chi connectivity index (χ1) is 45.9. The molecule has 0 aromatic carbocycles. The van der Waals surface area contributed by atoms with Crippen LogP contribution in [0.1, 0.15) is 395 Å². The third kappa shape index (κ3) is 70.3. The molecular weight excluding hydrogens is 1250 g/mol. The van der Waals surface area contributed by atoms with Crippen molar-refractivity contribution in [3.8, 4) is 0 Å². The van der Waals surface area contributed by atoms with Crippen LogP contribution in [-0.4, -0.2) is 96.7 Å². The van der Waals surface area contributed by atoms with Gasteiger partial charge in [-0.05, 0) is 37.5 Å². The summed E-state index contributed by atoms with van der Waals surface area (Å²) in [5.41, 5.74) is 0. The highest BCUT2D eigenvalue weighted by molar-refractivity contribution is 7.47. The summed E-state index contributed by atoms with van der Waals surface area (Å²) >= 11 is 0. The van der Waals surface area contributed by atoms with E-state index in [4.69, 9.17) is 37.0 Å². The zero-order valence-electron chi connectivity index (χ0n) is 62.0. The molecule has 19 heteroatoms. The SMILES string of the molecule is CCCCCCCCCCCCCCCCCC(=O)OC[C@H](COP(=O)(O)OC[C@@H](O)COP(=O)(O)OC[C@@H](COC(=O)CCCCCCCCC(C)C)OC(=O)CCCCCCCCCCCCCC)OC(=O)CCCCCCCCCCCCCCCCCCC(C)C. The zero-order chi connectivity index (χ0) is 70.0. The molecule has 0 aliphatic rings. The molecule has 17 nitrogen and oxygen atoms in total. The van der Waals surface area contributed by atoms with Gasteiger partial charge in [0.25, 0.3) is 0 Å². The second kappa shape index (κ2) is 67.9. The molecule has 0 aliphatic carbocycles. The molecule has 0 saturated heterocycles. The molecule has 5 atom stereocenters. The molecule has 0 heterocycles.